The molecule has 0 saturated heterocycles. The van der Waals surface area contributed by atoms with Crippen molar-refractivity contribution in [1.82, 2.24) is 4.72 Å². The quantitative estimate of drug-likeness (QED) is 0.828. The molecule has 0 fully saturated rings. The number of nitrogen functional groups attached to an aromatic ring is 1. The van der Waals surface area contributed by atoms with Crippen molar-refractivity contribution in [3.63, 3.8) is 0 Å². The smallest absolute Gasteiger partial charge is 0.240 e. The molecule has 0 saturated carbocycles. The van der Waals surface area contributed by atoms with Crippen LogP contribution in [0.25, 0.3) is 0 Å². The number of rotatable bonds is 5. The summed E-state index contributed by atoms with van der Waals surface area (Å²) in [6, 6.07) is 8.21. The Morgan fingerprint density at radius 3 is 2.55 bits per heavy atom. The molecule has 2 aromatic rings. The van der Waals surface area contributed by atoms with Crippen molar-refractivity contribution in [3.8, 4) is 0 Å². The fourth-order valence-electron chi connectivity index (χ4n) is 1.65. The first-order valence-electron chi connectivity index (χ1n) is 6.04. The Kier molecular flexibility index (Phi) is 4.70. The summed E-state index contributed by atoms with van der Waals surface area (Å²) < 4.78 is 26.8. The van der Waals surface area contributed by atoms with Crippen molar-refractivity contribution in [1.29, 1.82) is 0 Å². The summed E-state index contributed by atoms with van der Waals surface area (Å²) >= 11 is 7.39. The molecule has 108 valence electrons. The van der Waals surface area contributed by atoms with Gasteiger partial charge >= 0.3 is 0 Å². The maximum absolute atomic E-state index is 12.1. The van der Waals surface area contributed by atoms with Crippen LogP contribution in [-0.4, -0.2) is 8.42 Å². The van der Waals surface area contributed by atoms with Crippen LogP contribution in [-0.2, 0) is 23.0 Å². The van der Waals surface area contributed by atoms with Gasteiger partial charge in [0.05, 0.1) is 15.6 Å². The van der Waals surface area contributed by atoms with Crippen molar-refractivity contribution < 1.29 is 8.42 Å². The number of anilines is 1. The van der Waals surface area contributed by atoms with E-state index in [1.54, 1.807) is 11.3 Å². The lowest BCUT2D eigenvalue weighted by Gasteiger charge is -2.07. The third-order valence-electron chi connectivity index (χ3n) is 2.78. The SMILES string of the molecule is CCc1ccc(CNS(=O)(=O)c2ccc(Cl)c(N)c2)s1. The van der Waals surface area contributed by atoms with E-state index in [2.05, 4.69) is 11.6 Å². The van der Waals surface area contributed by atoms with Gasteiger partial charge in [-0.05, 0) is 36.8 Å². The van der Waals surface area contributed by atoms with Crippen molar-refractivity contribution >= 4 is 38.6 Å². The average molecular weight is 331 g/mol. The number of benzene rings is 1. The van der Waals surface area contributed by atoms with Gasteiger partial charge in [0.2, 0.25) is 10.0 Å². The molecule has 7 heteroatoms. The number of thiophene rings is 1. The summed E-state index contributed by atoms with van der Waals surface area (Å²) in [5, 5.41) is 0.342. The van der Waals surface area contributed by atoms with Gasteiger partial charge in [-0.1, -0.05) is 18.5 Å². The fraction of sp³-hybridized carbons (Fsp3) is 0.231. The second-order valence-corrected chi connectivity index (χ2v) is 7.66. The molecular formula is C13H15ClN2O2S2. The molecular weight excluding hydrogens is 316 g/mol. The summed E-state index contributed by atoms with van der Waals surface area (Å²) in [5.41, 5.74) is 5.87. The second kappa shape index (κ2) is 6.13. The highest BCUT2D eigenvalue weighted by Gasteiger charge is 2.15. The van der Waals surface area contributed by atoms with Gasteiger partial charge in [0.15, 0.2) is 0 Å². The van der Waals surface area contributed by atoms with E-state index in [0.717, 1.165) is 11.3 Å². The van der Waals surface area contributed by atoms with Gasteiger partial charge in [-0.25, -0.2) is 13.1 Å². The number of aryl methyl sites for hydroxylation is 1. The largest absolute Gasteiger partial charge is 0.397 e. The Labute approximate surface area is 127 Å². The molecule has 0 aliphatic rings. The number of hydrogen-bond acceptors (Lipinski definition) is 4. The molecule has 3 N–H and O–H groups in total. The van der Waals surface area contributed by atoms with Crippen LogP contribution in [0.2, 0.25) is 5.02 Å². The van der Waals surface area contributed by atoms with E-state index in [9.17, 15) is 8.42 Å². The zero-order valence-electron chi connectivity index (χ0n) is 10.9. The molecule has 1 aromatic heterocycles. The van der Waals surface area contributed by atoms with E-state index in [1.165, 1.54) is 23.1 Å². The minimum atomic E-state index is -3.58. The Hall–Kier alpha value is -1.08. The van der Waals surface area contributed by atoms with Crippen LogP contribution < -0.4 is 10.5 Å². The number of nitrogens with one attached hydrogen (secondary N) is 1. The maximum atomic E-state index is 12.1. The summed E-state index contributed by atoms with van der Waals surface area (Å²) in [4.78, 5) is 2.33. The zero-order chi connectivity index (χ0) is 14.8. The second-order valence-electron chi connectivity index (χ2n) is 4.23. The highest BCUT2D eigenvalue weighted by molar-refractivity contribution is 7.89. The minimum absolute atomic E-state index is 0.117. The maximum Gasteiger partial charge on any atom is 0.240 e. The molecule has 0 amide bonds. The van der Waals surface area contributed by atoms with Crippen molar-refractivity contribution in [2.75, 3.05) is 5.73 Å². The topological polar surface area (TPSA) is 72.2 Å². The first-order valence-corrected chi connectivity index (χ1v) is 8.72. The summed E-state index contributed by atoms with van der Waals surface area (Å²) in [6.45, 7) is 2.34. The third-order valence-corrected chi connectivity index (χ3v) is 5.75. The molecule has 1 aromatic carbocycles. The van der Waals surface area contributed by atoms with Gasteiger partial charge in [0, 0.05) is 16.3 Å². The minimum Gasteiger partial charge on any atom is -0.397 e. The molecule has 2 rings (SSSR count). The normalized spacial score (nSPS) is 11.7. The summed E-state index contributed by atoms with van der Waals surface area (Å²) in [5.74, 6) is 0. The zero-order valence-corrected chi connectivity index (χ0v) is 13.3. The van der Waals surface area contributed by atoms with Gasteiger partial charge in [-0.15, -0.1) is 11.3 Å². The van der Waals surface area contributed by atoms with E-state index in [4.69, 9.17) is 17.3 Å². The Balaban J connectivity index is 2.12. The van der Waals surface area contributed by atoms with Gasteiger partial charge in [0.1, 0.15) is 0 Å². The molecule has 1 heterocycles. The number of hydrogen-bond donors (Lipinski definition) is 2. The lowest BCUT2D eigenvalue weighted by Crippen LogP contribution is -2.22. The first-order chi connectivity index (χ1) is 9.42. The third kappa shape index (κ3) is 3.52. The van der Waals surface area contributed by atoms with E-state index in [-0.39, 0.29) is 17.1 Å². The lowest BCUT2D eigenvalue weighted by molar-refractivity contribution is 0.582. The van der Waals surface area contributed by atoms with Gasteiger partial charge < -0.3 is 5.73 Å². The van der Waals surface area contributed by atoms with E-state index in [1.807, 2.05) is 12.1 Å². The average Bonchev–Trinajstić information content (AvgIpc) is 2.87. The molecule has 0 aliphatic heterocycles. The molecule has 0 unspecified atom stereocenters. The summed E-state index contributed by atoms with van der Waals surface area (Å²) in [7, 11) is -3.58. The Bertz CT molecular complexity index is 711. The van der Waals surface area contributed by atoms with E-state index < -0.39 is 10.0 Å². The van der Waals surface area contributed by atoms with Crippen LogP contribution in [0.15, 0.2) is 35.2 Å². The summed E-state index contributed by atoms with van der Waals surface area (Å²) in [6.07, 6.45) is 0.950. The molecule has 0 atom stereocenters. The standard InChI is InChI=1S/C13H15ClN2O2S2/c1-2-9-3-4-10(19-9)8-16-20(17,18)11-5-6-12(14)13(15)7-11/h3-7,16H,2,8,15H2,1H3. The predicted octanol–water partition coefficient (Wildman–Crippen LogP) is 3.02. The molecule has 0 spiro atoms. The monoisotopic (exact) mass is 330 g/mol. The van der Waals surface area contributed by atoms with Gasteiger partial charge in [-0.2, -0.15) is 0 Å². The van der Waals surface area contributed by atoms with Crippen LogP contribution in [0.1, 0.15) is 16.7 Å². The first kappa shape index (κ1) is 15.3. The Morgan fingerprint density at radius 2 is 1.95 bits per heavy atom. The highest BCUT2D eigenvalue weighted by atomic mass is 35.5. The van der Waals surface area contributed by atoms with Crippen molar-refractivity contribution in [2.45, 2.75) is 24.8 Å². The number of nitrogens with two attached hydrogens (primary N) is 1. The van der Waals surface area contributed by atoms with Crippen LogP contribution in [0, 0.1) is 0 Å². The predicted molar refractivity (Wildman–Crippen MR) is 83.6 cm³/mol. The van der Waals surface area contributed by atoms with Crippen molar-refractivity contribution in [2.24, 2.45) is 0 Å². The highest BCUT2D eigenvalue weighted by Crippen LogP contribution is 2.23. The molecule has 4 nitrogen and oxygen atoms in total. The molecule has 0 bridgehead atoms. The van der Waals surface area contributed by atoms with Crippen LogP contribution in [0.5, 0.6) is 0 Å². The molecule has 0 radical (unpaired) electrons. The van der Waals surface area contributed by atoms with Gasteiger partial charge in [-0.3, -0.25) is 0 Å². The lowest BCUT2D eigenvalue weighted by atomic mass is 10.3. The van der Waals surface area contributed by atoms with E-state index in [0.29, 0.717) is 5.02 Å². The Morgan fingerprint density at radius 1 is 1.25 bits per heavy atom. The van der Waals surface area contributed by atoms with Crippen LogP contribution in [0.3, 0.4) is 0 Å². The van der Waals surface area contributed by atoms with Gasteiger partial charge in [0.25, 0.3) is 0 Å². The van der Waals surface area contributed by atoms with Crippen LogP contribution >= 0.6 is 22.9 Å². The van der Waals surface area contributed by atoms with E-state index >= 15 is 0 Å². The number of halogens is 1. The molecule has 0 aliphatic carbocycles. The molecule has 20 heavy (non-hydrogen) atoms. The fourth-order valence-corrected chi connectivity index (χ4v) is 3.79. The number of sulfonamides is 1. The van der Waals surface area contributed by atoms with Crippen LogP contribution in [0.4, 0.5) is 5.69 Å². The van der Waals surface area contributed by atoms with Crippen molar-refractivity contribution in [3.05, 3.63) is 45.1 Å².